The van der Waals surface area contributed by atoms with Crippen molar-refractivity contribution in [3.8, 4) is 0 Å². The first-order valence-corrected chi connectivity index (χ1v) is 6.49. The zero-order valence-corrected chi connectivity index (χ0v) is 11.0. The Labute approximate surface area is 99.8 Å². The third-order valence-electron chi connectivity index (χ3n) is 3.77. The number of aliphatic hydroxyl groups excluding tert-OH is 1. The van der Waals surface area contributed by atoms with Crippen LogP contribution in [-0.4, -0.2) is 48.5 Å². The van der Waals surface area contributed by atoms with Crippen LogP contribution in [0.4, 0.5) is 0 Å². The summed E-state index contributed by atoms with van der Waals surface area (Å²) in [6.45, 7) is 6.86. The molecule has 0 radical (unpaired) electrons. The van der Waals surface area contributed by atoms with E-state index in [1.54, 1.807) is 7.11 Å². The first-order valence-electron chi connectivity index (χ1n) is 6.49. The van der Waals surface area contributed by atoms with Gasteiger partial charge in [-0.05, 0) is 46.1 Å². The van der Waals surface area contributed by atoms with E-state index >= 15 is 0 Å². The van der Waals surface area contributed by atoms with E-state index in [4.69, 9.17) is 9.84 Å². The van der Waals surface area contributed by atoms with Crippen LogP contribution in [0.1, 0.15) is 46.0 Å². The lowest BCUT2D eigenvalue weighted by atomic mass is 9.97. The topological polar surface area (TPSA) is 32.7 Å². The van der Waals surface area contributed by atoms with E-state index in [9.17, 15) is 0 Å². The molecule has 0 aromatic heterocycles. The van der Waals surface area contributed by atoms with E-state index in [2.05, 4.69) is 18.7 Å². The molecular formula is C13H27NO2. The fraction of sp³-hybridized carbons (Fsp3) is 1.00. The van der Waals surface area contributed by atoms with Crippen molar-refractivity contribution in [2.75, 3.05) is 26.8 Å². The molecule has 0 aliphatic carbocycles. The Hall–Kier alpha value is -0.120. The van der Waals surface area contributed by atoms with Gasteiger partial charge in [0.15, 0.2) is 0 Å². The predicted molar refractivity (Wildman–Crippen MR) is 66.6 cm³/mol. The Balaban J connectivity index is 2.37. The van der Waals surface area contributed by atoms with Crippen molar-refractivity contribution < 1.29 is 9.84 Å². The first kappa shape index (κ1) is 13.9. The summed E-state index contributed by atoms with van der Waals surface area (Å²) in [5, 5.41) is 9.06. The molecule has 1 heterocycles. The van der Waals surface area contributed by atoms with Crippen LogP contribution in [-0.2, 0) is 4.74 Å². The molecule has 0 amide bonds. The summed E-state index contributed by atoms with van der Waals surface area (Å²) in [5.74, 6) is 0. The van der Waals surface area contributed by atoms with Gasteiger partial charge in [-0.15, -0.1) is 0 Å². The van der Waals surface area contributed by atoms with Gasteiger partial charge in [0.25, 0.3) is 0 Å². The molecule has 0 saturated carbocycles. The van der Waals surface area contributed by atoms with Crippen LogP contribution in [0.5, 0.6) is 0 Å². The smallest absolute Gasteiger partial charge is 0.0634 e. The van der Waals surface area contributed by atoms with Gasteiger partial charge in [-0.3, -0.25) is 0 Å². The zero-order chi connectivity index (χ0) is 12.0. The van der Waals surface area contributed by atoms with Crippen molar-refractivity contribution in [2.24, 2.45) is 0 Å². The molecule has 96 valence electrons. The van der Waals surface area contributed by atoms with E-state index in [0.717, 1.165) is 19.4 Å². The minimum absolute atomic E-state index is 0.0266. The van der Waals surface area contributed by atoms with Gasteiger partial charge in [-0.2, -0.15) is 0 Å². The number of likely N-dealkylation sites (tertiary alicyclic amines) is 1. The van der Waals surface area contributed by atoms with Gasteiger partial charge in [0.2, 0.25) is 0 Å². The average molecular weight is 229 g/mol. The number of rotatable bonds is 6. The van der Waals surface area contributed by atoms with Gasteiger partial charge in [-0.25, -0.2) is 0 Å². The molecule has 1 aliphatic heterocycles. The van der Waals surface area contributed by atoms with Crippen molar-refractivity contribution in [1.82, 2.24) is 4.90 Å². The molecule has 0 spiro atoms. The second kappa shape index (κ2) is 6.58. The Bertz CT molecular complexity index is 192. The number of hydrogen-bond donors (Lipinski definition) is 1. The van der Waals surface area contributed by atoms with Crippen LogP contribution >= 0.6 is 0 Å². The summed E-state index contributed by atoms with van der Waals surface area (Å²) in [7, 11) is 1.78. The Morgan fingerprint density at radius 1 is 1.38 bits per heavy atom. The highest BCUT2D eigenvalue weighted by Gasteiger charge is 2.24. The van der Waals surface area contributed by atoms with Crippen LogP contribution in [0.3, 0.4) is 0 Å². The van der Waals surface area contributed by atoms with E-state index in [1.165, 1.54) is 25.8 Å². The molecule has 1 saturated heterocycles. The lowest BCUT2D eigenvalue weighted by molar-refractivity contribution is -0.000498. The first-order chi connectivity index (χ1) is 7.59. The third-order valence-corrected chi connectivity index (χ3v) is 3.77. The molecule has 1 fully saturated rings. The second-order valence-electron chi connectivity index (χ2n) is 5.41. The highest BCUT2D eigenvalue weighted by molar-refractivity contribution is 4.79. The van der Waals surface area contributed by atoms with Gasteiger partial charge in [-0.1, -0.05) is 6.42 Å². The standard InChI is InChI=1S/C13H27NO2/c1-13(2,16-3)8-10-14-9-5-4-6-12(14)7-11-15/h12,15H,4-11H2,1-3H3. The van der Waals surface area contributed by atoms with E-state index in [0.29, 0.717) is 12.6 Å². The van der Waals surface area contributed by atoms with E-state index in [1.807, 2.05) is 0 Å². The van der Waals surface area contributed by atoms with Crippen LogP contribution in [0.2, 0.25) is 0 Å². The average Bonchev–Trinajstić information content (AvgIpc) is 2.28. The molecule has 3 heteroatoms. The summed E-state index contributed by atoms with van der Waals surface area (Å²) >= 11 is 0. The maximum absolute atomic E-state index is 9.06. The molecule has 16 heavy (non-hydrogen) atoms. The molecule has 0 bridgehead atoms. The highest BCUT2D eigenvalue weighted by atomic mass is 16.5. The SMILES string of the molecule is COC(C)(C)CCN1CCCCC1CCO. The number of piperidine rings is 1. The molecule has 1 aliphatic rings. The largest absolute Gasteiger partial charge is 0.396 e. The molecule has 1 unspecified atom stereocenters. The fourth-order valence-electron chi connectivity index (χ4n) is 2.35. The number of aliphatic hydroxyl groups is 1. The van der Waals surface area contributed by atoms with Crippen LogP contribution in [0, 0.1) is 0 Å². The predicted octanol–water partition coefficient (Wildman–Crippen LogP) is 2.04. The maximum Gasteiger partial charge on any atom is 0.0634 e. The molecule has 0 aromatic rings. The van der Waals surface area contributed by atoms with E-state index < -0.39 is 0 Å². The molecule has 0 aromatic carbocycles. The Kier molecular flexibility index (Phi) is 5.73. The lowest BCUT2D eigenvalue weighted by Crippen LogP contribution is -2.42. The van der Waals surface area contributed by atoms with Crippen LogP contribution in [0.25, 0.3) is 0 Å². The molecule has 3 nitrogen and oxygen atoms in total. The van der Waals surface area contributed by atoms with Gasteiger partial charge < -0.3 is 14.7 Å². The summed E-state index contributed by atoms with van der Waals surface area (Å²) in [4.78, 5) is 2.53. The van der Waals surface area contributed by atoms with Gasteiger partial charge >= 0.3 is 0 Å². The molecule has 1 rings (SSSR count). The van der Waals surface area contributed by atoms with Gasteiger partial charge in [0.1, 0.15) is 0 Å². The summed E-state index contributed by atoms with van der Waals surface area (Å²) < 4.78 is 5.45. The van der Waals surface area contributed by atoms with Crippen LogP contribution < -0.4 is 0 Å². The minimum Gasteiger partial charge on any atom is -0.396 e. The van der Waals surface area contributed by atoms with Crippen molar-refractivity contribution in [2.45, 2.75) is 57.6 Å². The van der Waals surface area contributed by atoms with Crippen molar-refractivity contribution in [1.29, 1.82) is 0 Å². The quantitative estimate of drug-likeness (QED) is 0.756. The summed E-state index contributed by atoms with van der Waals surface area (Å²) in [6.07, 6.45) is 5.84. The maximum atomic E-state index is 9.06. The minimum atomic E-state index is -0.0266. The third kappa shape index (κ3) is 4.40. The highest BCUT2D eigenvalue weighted by Crippen LogP contribution is 2.22. The summed E-state index contributed by atoms with van der Waals surface area (Å²) in [6, 6.07) is 0.589. The normalized spacial score (nSPS) is 23.6. The Morgan fingerprint density at radius 2 is 2.12 bits per heavy atom. The molecular weight excluding hydrogens is 202 g/mol. The fourth-order valence-corrected chi connectivity index (χ4v) is 2.35. The zero-order valence-electron chi connectivity index (χ0n) is 11.0. The van der Waals surface area contributed by atoms with Crippen LogP contribution in [0.15, 0.2) is 0 Å². The van der Waals surface area contributed by atoms with Crippen molar-refractivity contribution >= 4 is 0 Å². The van der Waals surface area contributed by atoms with Gasteiger partial charge in [0.05, 0.1) is 5.60 Å². The van der Waals surface area contributed by atoms with Crippen molar-refractivity contribution in [3.63, 3.8) is 0 Å². The summed E-state index contributed by atoms with van der Waals surface area (Å²) in [5.41, 5.74) is -0.0266. The number of methoxy groups -OCH3 is 1. The number of hydrogen-bond acceptors (Lipinski definition) is 3. The van der Waals surface area contributed by atoms with E-state index in [-0.39, 0.29) is 5.60 Å². The lowest BCUT2D eigenvalue weighted by Gasteiger charge is -2.37. The number of nitrogens with zero attached hydrogens (tertiary/aromatic N) is 1. The second-order valence-corrected chi connectivity index (χ2v) is 5.41. The Morgan fingerprint density at radius 3 is 2.75 bits per heavy atom. The van der Waals surface area contributed by atoms with Crippen molar-refractivity contribution in [3.05, 3.63) is 0 Å². The molecule has 1 N–H and O–H groups in total. The molecule has 1 atom stereocenters. The van der Waals surface area contributed by atoms with Gasteiger partial charge in [0, 0.05) is 26.3 Å². The monoisotopic (exact) mass is 229 g/mol. The number of ether oxygens (including phenoxy) is 1.